The first kappa shape index (κ1) is 16.2. The van der Waals surface area contributed by atoms with Crippen LogP contribution in [0.1, 0.15) is 25.3 Å². The summed E-state index contributed by atoms with van der Waals surface area (Å²) in [7, 11) is 0. The zero-order chi connectivity index (χ0) is 14.8. The molecule has 0 radical (unpaired) electrons. The first-order chi connectivity index (χ1) is 9.63. The Hall–Kier alpha value is -1.88. The molecule has 0 unspecified atom stereocenters. The number of unbranched alkanes of at least 4 members (excludes halogenated alkanes) is 1. The molecule has 0 aromatic heterocycles. The van der Waals surface area contributed by atoms with Gasteiger partial charge in [-0.05, 0) is 18.4 Å². The highest BCUT2D eigenvalue weighted by Crippen LogP contribution is 2.01. The normalized spacial score (nSPS) is 11.7. The standard InChI is InChI=1S/C15H23N3O2/c1-2-3-9-17-14(19)11-18-15(20)13(16)10-12-7-5-4-6-8-12/h4-8,13H,2-3,9-11,16H2,1H3,(H,17,19)(H,18,20)/t13-/m0/s1. The second-order valence-electron chi connectivity index (χ2n) is 4.72. The topological polar surface area (TPSA) is 84.2 Å². The number of hydrogen-bond acceptors (Lipinski definition) is 3. The number of benzene rings is 1. The summed E-state index contributed by atoms with van der Waals surface area (Å²) in [6.45, 7) is 2.67. The molecule has 1 rings (SSSR count). The Morgan fingerprint density at radius 1 is 1.20 bits per heavy atom. The van der Waals surface area contributed by atoms with E-state index in [4.69, 9.17) is 5.73 Å². The van der Waals surface area contributed by atoms with E-state index in [1.54, 1.807) is 0 Å². The fraction of sp³-hybridized carbons (Fsp3) is 0.467. The lowest BCUT2D eigenvalue weighted by Crippen LogP contribution is -2.45. The molecule has 0 heterocycles. The number of amides is 2. The molecule has 0 aliphatic heterocycles. The highest BCUT2D eigenvalue weighted by molar-refractivity contribution is 5.87. The molecule has 0 saturated heterocycles. The Labute approximate surface area is 119 Å². The van der Waals surface area contributed by atoms with Gasteiger partial charge in [-0.2, -0.15) is 0 Å². The van der Waals surface area contributed by atoms with Gasteiger partial charge in [0.2, 0.25) is 11.8 Å². The fourth-order valence-corrected chi connectivity index (χ4v) is 1.73. The van der Waals surface area contributed by atoms with Gasteiger partial charge in [0.25, 0.3) is 0 Å². The van der Waals surface area contributed by atoms with Crippen molar-refractivity contribution in [2.45, 2.75) is 32.2 Å². The fourth-order valence-electron chi connectivity index (χ4n) is 1.73. The van der Waals surface area contributed by atoms with Crippen molar-refractivity contribution in [2.75, 3.05) is 13.1 Å². The summed E-state index contributed by atoms with van der Waals surface area (Å²) in [5.74, 6) is -0.488. The minimum atomic E-state index is -0.638. The van der Waals surface area contributed by atoms with Crippen molar-refractivity contribution < 1.29 is 9.59 Å². The molecule has 110 valence electrons. The molecule has 0 fully saturated rings. The van der Waals surface area contributed by atoms with Crippen LogP contribution in [0.3, 0.4) is 0 Å². The number of nitrogens with one attached hydrogen (secondary N) is 2. The highest BCUT2D eigenvalue weighted by atomic mass is 16.2. The van der Waals surface area contributed by atoms with Gasteiger partial charge in [-0.15, -0.1) is 0 Å². The van der Waals surface area contributed by atoms with E-state index >= 15 is 0 Å². The van der Waals surface area contributed by atoms with Crippen LogP contribution in [0.5, 0.6) is 0 Å². The van der Waals surface area contributed by atoms with Crippen molar-refractivity contribution in [1.82, 2.24) is 10.6 Å². The van der Waals surface area contributed by atoms with Gasteiger partial charge in [-0.25, -0.2) is 0 Å². The van der Waals surface area contributed by atoms with Crippen molar-refractivity contribution >= 4 is 11.8 Å². The first-order valence-electron chi connectivity index (χ1n) is 6.97. The van der Waals surface area contributed by atoms with Gasteiger partial charge in [0.15, 0.2) is 0 Å². The van der Waals surface area contributed by atoms with Gasteiger partial charge < -0.3 is 16.4 Å². The average molecular weight is 277 g/mol. The molecular weight excluding hydrogens is 254 g/mol. The summed E-state index contributed by atoms with van der Waals surface area (Å²) >= 11 is 0. The van der Waals surface area contributed by atoms with Crippen LogP contribution in [-0.2, 0) is 16.0 Å². The summed E-state index contributed by atoms with van der Waals surface area (Å²) in [6.07, 6.45) is 2.42. The predicted octanol–water partition coefficient (Wildman–Crippen LogP) is 0.589. The van der Waals surface area contributed by atoms with E-state index in [2.05, 4.69) is 17.6 Å². The molecule has 5 heteroatoms. The van der Waals surface area contributed by atoms with Crippen molar-refractivity contribution in [3.63, 3.8) is 0 Å². The van der Waals surface area contributed by atoms with Gasteiger partial charge in [0.1, 0.15) is 0 Å². The number of nitrogens with two attached hydrogens (primary N) is 1. The van der Waals surface area contributed by atoms with E-state index in [1.807, 2.05) is 30.3 Å². The SMILES string of the molecule is CCCCNC(=O)CNC(=O)[C@@H](N)Cc1ccccc1. The molecule has 0 saturated carbocycles. The maximum atomic E-state index is 11.8. The van der Waals surface area contributed by atoms with Crippen molar-refractivity contribution in [3.05, 3.63) is 35.9 Å². The largest absolute Gasteiger partial charge is 0.355 e. The summed E-state index contributed by atoms with van der Waals surface area (Å²) < 4.78 is 0. The third-order valence-electron chi connectivity index (χ3n) is 2.91. The zero-order valence-electron chi connectivity index (χ0n) is 11.9. The van der Waals surface area contributed by atoms with Crippen LogP contribution in [-0.4, -0.2) is 30.9 Å². The van der Waals surface area contributed by atoms with Gasteiger partial charge in [0, 0.05) is 6.54 Å². The van der Waals surface area contributed by atoms with Gasteiger partial charge in [0.05, 0.1) is 12.6 Å². The third-order valence-corrected chi connectivity index (χ3v) is 2.91. The van der Waals surface area contributed by atoms with E-state index in [9.17, 15) is 9.59 Å². The lowest BCUT2D eigenvalue weighted by Gasteiger charge is -2.12. The van der Waals surface area contributed by atoms with Crippen molar-refractivity contribution in [1.29, 1.82) is 0 Å². The molecule has 5 nitrogen and oxygen atoms in total. The third kappa shape index (κ3) is 6.33. The van der Waals surface area contributed by atoms with Crippen LogP contribution in [0.25, 0.3) is 0 Å². The molecule has 1 atom stereocenters. The maximum absolute atomic E-state index is 11.8. The van der Waals surface area contributed by atoms with E-state index in [-0.39, 0.29) is 18.4 Å². The molecule has 4 N–H and O–H groups in total. The Kier molecular flexibility index (Phi) is 7.35. The highest BCUT2D eigenvalue weighted by Gasteiger charge is 2.14. The van der Waals surface area contributed by atoms with Crippen molar-refractivity contribution in [2.24, 2.45) is 5.73 Å². The zero-order valence-corrected chi connectivity index (χ0v) is 11.9. The molecular formula is C15H23N3O2. The Bertz CT molecular complexity index is 420. The first-order valence-corrected chi connectivity index (χ1v) is 6.97. The summed E-state index contributed by atoms with van der Waals surface area (Å²) in [6, 6.07) is 8.92. The predicted molar refractivity (Wildman–Crippen MR) is 79.0 cm³/mol. The molecule has 1 aromatic carbocycles. The second-order valence-corrected chi connectivity index (χ2v) is 4.72. The Morgan fingerprint density at radius 3 is 2.55 bits per heavy atom. The molecule has 20 heavy (non-hydrogen) atoms. The lowest BCUT2D eigenvalue weighted by atomic mass is 10.1. The minimum Gasteiger partial charge on any atom is -0.355 e. The van der Waals surface area contributed by atoms with Crippen LogP contribution in [0.15, 0.2) is 30.3 Å². The molecule has 2 amide bonds. The van der Waals surface area contributed by atoms with E-state index < -0.39 is 6.04 Å². The van der Waals surface area contributed by atoms with Crippen LogP contribution in [0.2, 0.25) is 0 Å². The molecule has 0 spiro atoms. The number of carbonyl (C=O) groups excluding carboxylic acids is 2. The Morgan fingerprint density at radius 2 is 1.90 bits per heavy atom. The van der Waals surface area contributed by atoms with Crippen molar-refractivity contribution in [3.8, 4) is 0 Å². The van der Waals surface area contributed by atoms with Gasteiger partial charge >= 0.3 is 0 Å². The van der Waals surface area contributed by atoms with Crippen LogP contribution < -0.4 is 16.4 Å². The van der Waals surface area contributed by atoms with E-state index in [0.29, 0.717) is 13.0 Å². The summed E-state index contributed by atoms with van der Waals surface area (Å²) in [5, 5.41) is 5.29. The second kappa shape index (κ2) is 9.09. The average Bonchev–Trinajstić information content (AvgIpc) is 2.46. The van der Waals surface area contributed by atoms with E-state index in [0.717, 1.165) is 18.4 Å². The smallest absolute Gasteiger partial charge is 0.239 e. The summed E-state index contributed by atoms with van der Waals surface area (Å²) in [5.41, 5.74) is 6.82. The molecule has 0 bridgehead atoms. The molecule has 0 aliphatic rings. The quantitative estimate of drug-likeness (QED) is 0.608. The maximum Gasteiger partial charge on any atom is 0.239 e. The van der Waals surface area contributed by atoms with E-state index in [1.165, 1.54) is 0 Å². The number of rotatable bonds is 8. The van der Waals surface area contributed by atoms with Gasteiger partial charge in [-0.3, -0.25) is 9.59 Å². The molecule has 1 aromatic rings. The lowest BCUT2D eigenvalue weighted by molar-refractivity contribution is -0.126. The minimum absolute atomic E-state index is 0.0228. The van der Waals surface area contributed by atoms with Crippen LogP contribution >= 0.6 is 0 Å². The van der Waals surface area contributed by atoms with Crippen LogP contribution in [0.4, 0.5) is 0 Å². The number of hydrogen-bond donors (Lipinski definition) is 3. The summed E-state index contributed by atoms with van der Waals surface area (Å²) in [4.78, 5) is 23.2. The monoisotopic (exact) mass is 277 g/mol. The van der Waals surface area contributed by atoms with Gasteiger partial charge in [-0.1, -0.05) is 43.7 Å². The molecule has 0 aliphatic carbocycles. The Balaban J connectivity index is 2.26. The van der Waals surface area contributed by atoms with Crippen LogP contribution in [0, 0.1) is 0 Å². The number of carbonyl (C=O) groups is 2.